The normalized spacial score (nSPS) is 28.5. The van der Waals surface area contributed by atoms with Crippen LogP contribution in [0.1, 0.15) is 60.8 Å². The maximum absolute atomic E-state index is 12.6. The van der Waals surface area contributed by atoms with Gasteiger partial charge < -0.3 is 58.5 Å². The van der Waals surface area contributed by atoms with Crippen LogP contribution in [0, 0.1) is 0 Å². The quantitative estimate of drug-likeness (QED) is 0.202. The van der Waals surface area contributed by atoms with Crippen LogP contribution in [0.4, 0.5) is 0 Å². The van der Waals surface area contributed by atoms with Crippen LogP contribution in [-0.2, 0) is 30.4 Å². The number of allylic oxidation sites excluding steroid dienone is 1. The fourth-order valence-electron chi connectivity index (χ4n) is 8.35. The van der Waals surface area contributed by atoms with Crippen molar-refractivity contribution in [2.24, 2.45) is 4.99 Å². The van der Waals surface area contributed by atoms with Crippen LogP contribution in [0.15, 0.2) is 52.8 Å². The minimum atomic E-state index is -1.76. The summed E-state index contributed by atoms with van der Waals surface area (Å²) in [4.78, 5) is 42.0. The Balaban J connectivity index is 1.18. The second kappa shape index (κ2) is 13.9. The molecule has 5 aliphatic heterocycles. The van der Waals surface area contributed by atoms with Crippen molar-refractivity contribution in [3.63, 3.8) is 0 Å². The Labute approximate surface area is 309 Å². The van der Waals surface area contributed by atoms with Crippen molar-refractivity contribution in [2.45, 2.75) is 87.0 Å². The third-order valence-corrected chi connectivity index (χ3v) is 10.9. The van der Waals surface area contributed by atoms with E-state index in [1.807, 2.05) is 24.4 Å². The number of esters is 1. The summed E-state index contributed by atoms with van der Waals surface area (Å²) < 4.78 is 42.3. The number of methoxy groups -OCH3 is 2. The molecule has 7 atom stereocenters. The number of Topliss-reactive ketones (excluding diaryl/α,β-unsaturated/α-hetero) is 1. The molecule has 1 aliphatic carbocycles. The number of aliphatic hydroxyl groups excluding tert-OH is 3. The van der Waals surface area contributed by atoms with Crippen molar-refractivity contribution < 1.29 is 68.0 Å². The SMILES string of the molecule is COc1ccc2c(c1OC)O[C@H]1c3c(CN4C=C5N=CC=C5C4)cc(O[C@@H]4O[C@H](COC(=O)CC(=O)O)[C@@H](O)[C@H](O)[C@H]4O)cc3OC3(CCC(=O)CC3)[C@@H]21. The van der Waals surface area contributed by atoms with E-state index in [1.165, 1.54) is 0 Å². The number of benzene rings is 2. The molecule has 286 valence electrons. The Morgan fingerprint density at radius 1 is 1.06 bits per heavy atom. The lowest BCUT2D eigenvalue weighted by atomic mass is 9.67. The van der Waals surface area contributed by atoms with Gasteiger partial charge in [-0.2, -0.15) is 0 Å². The zero-order valence-electron chi connectivity index (χ0n) is 29.5. The lowest BCUT2D eigenvalue weighted by Gasteiger charge is -2.48. The summed E-state index contributed by atoms with van der Waals surface area (Å²) in [7, 11) is 3.11. The summed E-state index contributed by atoms with van der Waals surface area (Å²) in [6.45, 7) is 0.360. The number of ether oxygens (including phenoxy) is 7. The number of aliphatic imine (C=N–C) groups is 1. The highest BCUT2D eigenvalue weighted by molar-refractivity contribution is 5.90. The first kappa shape index (κ1) is 35.8. The van der Waals surface area contributed by atoms with E-state index in [-0.39, 0.29) is 17.5 Å². The summed E-state index contributed by atoms with van der Waals surface area (Å²) in [5.74, 6) is -0.523. The molecule has 2 aromatic carbocycles. The molecule has 1 saturated heterocycles. The molecular formula is C38H40N2O14. The first-order chi connectivity index (χ1) is 26.0. The summed E-state index contributed by atoms with van der Waals surface area (Å²) >= 11 is 0. The monoisotopic (exact) mass is 748 g/mol. The summed E-state index contributed by atoms with van der Waals surface area (Å²) in [6.07, 6.45) is -2.35. The molecule has 1 saturated carbocycles. The number of aliphatic hydroxyl groups is 3. The molecule has 54 heavy (non-hydrogen) atoms. The predicted octanol–water partition coefficient (Wildman–Crippen LogP) is 2.07. The smallest absolute Gasteiger partial charge is 0.317 e. The van der Waals surface area contributed by atoms with Crippen molar-refractivity contribution >= 4 is 23.9 Å². The third-order valence-electron chi connectivity index (χ3n) is 10.9. The van der Waals surface area contributed by atoms with Crippen molar-refractivity contribution in [1.29, 1.82) is 0 Å². The van der Waals surface area contributed by atoms with Gasteiger partial charge in [0.15, 0.2) is 11.5 Å². The molecular weight excluding hydrogens is 708 g/mol. The second-order valence-electron chi connectivity index (χ2n) is 14.2. The molecule has 8 rings (SSSR count). The number of rotatable bonds is 10. The molecule has 16 nitrogen and oxygen atoms in total. The van der Waals surface area contributed by atoms with E-state index >= 15 is 0 Å². The largest absolute Gasteiger partial charge is 0.493 e. The van der Waals surface area contributed by atoms with Crippen LogP contribution in [-0.4, -0.2) is 113 Å². The highest BCUT2D eigenvalue weighted by Gasteiger charge is 2.58. The number of carboxylic acid groups (broad SMARTS) is 1. The molecule has 2 fully saturated rings. The van der Waals surface area contributed by atoms with E-state index in [4.69, 9.17) is 38.3 Å². The zero-order valence-corrected chi connectivity index (χ0v) is 29.5. The van der Waals surface area contributed by atoms with Crippen molar-refractivity contribution in [1.82, 2.24) is 4.90 Å². The summed E-state index contributed by atoms with van der Waals surface area (Å²) in [5, 5.41) is 41.2. The number of nitrogens with zero attached hydrogens (tertiary/aromatic N) is 2. The van der Waals surface area contributed by atoms with Gasteiger partial charge in [-0.1, -0.05) is 6.07 Å². The molecule has 0 unspecified atom stereocenters. The Morgan fingerprint density at radius 3 is 2.57 bits per heavy atom. The number of carbonyl (C=O) groups is 3. The third kappa shape index (κ3) is 6.22. The van der Waals surface area contributed by atoms with E-state index in [2.05, 4.69) is 9.89 Å². The van der Waals surface area contributed by atoms with Crippen LogP contribution in [0.3, 0.4) is 0 Å². The minimum absolute atomic E-state index is 0.146. The van der Waals surface area contributed by atoms with E-state index in [9.17, 15) is 29.7 Å². The van der Waals surface area contributed by atoms with E-state index in [0.29, 0.717) is 61.8 Å². The standard InChI is InChI=1S/C38H40N2O14/c1-48-24-4-3-22-30-36(53-34(22)35(24)49-2)29-19(15-40-14-18-7-10-39-23(18)16-40)11-21(12-25(29)54-38(30)8-5-20(41)6-9-38)51-37-33(47)32(46)31(45)26(52-37)17-50-28(44)13-27(42)43/h3-4,7,10-12,16,26,30-33,36-37,45-47H,5-6,8-9,13-15,17H2,1-2H3,(H,42,43)/t26-,30+,31-,32+,33-,36+,37-/m1/s1. The molecule has 2 aromatic rings. The second-order valence-corrected chi connectivity index (χ2v) is 14.2. The molecule has 0 amide bonds. The van der Waals surface area contributed by atoms with Crippen LogP contribution >= 0.6 is 0 Å². The van der Waals surface area contributed by atoms with Gasteiger partial charge in [0, 0.05) is 61.1 Å². The van der Waals surface area contributed by atoms with Gasteiger partial charge in [0.1, 0.15) is 66.4 Å². The molecule has 4 N–H and O–H groups in total. The average Bonchev–Trinajstić information content (AvgIpc) is 3.86. The van der Waals surface area contributed by atoms with E-state index in [1.54, 1.807) is 32.6 Å². The topological polar surface area (TPSA) is 212 Å². The number of fused-ring (bicyclic) bond motifs is 7. The zero-order chi connectivity index (χ0) is 37.9. The maximum atomic E-state index is 12.6. The fourth-order valence-corrected chi connectivity index (χ4v) is 8.35. The number of hydrogen-bond donors (Lipinski definition) is 4. The van der Waals surface area contributed by atoms with Crippen molar-refractivity contribution in [3.05, 3.63) is 64.5 Å². The molecule has 5 heterocycles. The summed E-state index contributed by atoms with van der Waals surface area (Å²) in [5.41, 5.74) is 3.47. The van der Waals surface area contributed by atoms with E-state index < -0.39 is 67.4 Å². The van der Waals surface area contributed by atoms with E-state index in [0.717, 1.165) is 28.0 Å². The number of carboxylic acids is 1. The molecule has 6 aliphatic rings. The minimum Gasteiger partial charge on any atom is -0.493 e. The predicted molar refractivity (Wildman–Crippen MR) is 185 cm³/mol. The Hall–Kier alpha value is -5.16. The number of aliphatic carboxylic acids is 1. The van der Waals surface area contributed by atoms with Gasteiger partial charge in [0.25, 0.3) is 0 Å². The molecule has 0 aromatic heterocycles. The molecule has 1 spiro atoms. The van der Waals surface area contributed by atoms with Crippen LogP contribution < -0.4 is 23.7 Å². The van der Waals surface area contributed by atoms with Crippen LogP contribution in [0.5, 0.6) is 28.7 Å². The van der Waals surface area contributed by atoms with Crippen LogP contribution in [0.2, 0.25) is 0 Å². The first-order valence-electron chi connectivity index (χ1n) is 17.7. The molecule has 16 heteroatoms. The average molecular weight is 749 g/mol. The lowest BCUT2D eigenvalue weighted by molar-refractivity contribution is -0.278. The number of ketones is 1. The Morgan fingerprint density at radius 2 is 1.85 bits per heavy atom. The highest BCUT2D eigenvalue weighted by Crippen LogP contribution is 2.64. The lowest BCUT2D eigenvalue weighted by Crippen LogP contribution is -2.60. The number of carbonyl (C=O) groups excluding carboxylic acids is 2. The molecule has 0 bridgehead atoms. The summed E-state index contributed by atoms with van der Waals surface area (Å²) in [6, 6.07) is 7.21. The van der Waals surface area contributed by atoms with Gasteiger partial charge >= 0.3 is 11.9 Å². The first-order valence-corrected chi connectivity index (χ1v) is 17.7. The highest BCUT2D eigenvalue weighted by atomic mass is 16.7. The van der Waals surface area contributed by atoms with Gasteiger partial charge in [0.2, 0.25) is 12.0 Å². The van der Waals surface area contributed by atoms with Gasteiger partial charge in [-0.05, 0) is 36.6 Å². The molecule has 0 radical (unpaired) electrons. The maximum Gasteiger partial charge on any atom is 0.317 e. The van der Waals surface area contributed by atoms with Crippen molar-refractivity contribution in [3.8, 4) is 28.7 Å². The van der Waals surface area contributed by atoms with Crippen molar-refractivity contribution in [2.75, 3.05) is 27.4 Å². The Kier molecular flexibility index (Phi) is 9.24. The number of hydrogen-bond acceptors (Lipinski definition) is 15. The van der Waals surface area contributed by atoms with Gasteiger partial charge in [-0.25, -0.2) is 0 Å². The van der Waals surface area contributed by atoms with Gasteiger partial charge in [-0.3, -0.25) is 19.4 Å². The van der Waals surface area contributed by atoms with Gasteiger partial charge in [0.05, 0.1) is 25.8 Å². The Bertz CT molecular complexity index is 1960. The van der Waals surface area contributed by atoms with Crippen LogP contribution in [0.25, 0.3) is 0 Å². The fraction of sp³-hybridized carbons (Fsp3) is 0.474. The van der Waals surface area contributed by atoms with Gasteiger partial charge in [-0.15, -0.1) is 0 Å².